The maximum atomic E-state index is 14.0. The van der Waals surface area contributed by atoms with Gasteiger partial charge in [-0.1, -0.05) is 0 Å². The third kappa shape index (κ3) is 2.60. The number of H-pyrrole nitrogens is 1. The number of benzene rings is 1. The number of halogens is 2. The molecule has 5 nitrogen and oxygen atoms in total. The highest BCUT2D eigenvalue weighted by molar-refractivity contribution is 5.88. The van der Waals surface area contributed by atoms with Crippen molar-refractivity contribution in [2.75, 3.05) is 5.32 Å². The van der Waals surface area contributed by atoms with E-state index >= 15 is 0 Å². The average molecular weight is 303 g/mol. The molecular weight excluding hydrogens is 292 g/mol. The van der Waals surface area contributed by atoms with Crippen molar-refractivity contribution < 1.29 is 18.3 Å². The summed E-state index contributed by atoms with van der Waals surface area (Å²) in [7, 11) is 0. The molecule has 2 N–H and O–H groups in total. The molecule has 3 aromatic rings. The van der Waals surface area contributed by atoms with E-state index < -0.39 is 23.3 Å². The van der Waals surface area contributed by atoms with E-state index in [9.17, 15) is 13.6 Å². The number of nitrogens with zero attached hydrogens (tertiary/aromatic N) is 1. The van der Waals surface area contributed by atoms with Gasteiger partial charge in [-0.15, -0.1) is 0 Å². The van der Waals surface area contributed by atoms with Crippen LogP contribution in [0, 0.1) is 11.6 Å². The number of nitrogens with one attached hydrogen (secondary N) is 2. The Bertz CT molecular complexity index is 838. The molecule has 0 atom stereocenters. The lowest BCUT2D eigenvalue weighted by Crippen LogP contribution is -2.07. The molecule has 22 heavy (non-hydrogen) atoms. The molecule has 0 aliphatic carbocycles. The second-order valence-corrected chi connectivity index (χ2v) is 4.60. The van der Waals surface area contributed by atoms with E-state index in [1.165, 1.54) is 19.2 Å². The zero-order valence-corrected chi connectivity index (χ0v) is 11.5. The van der Waals surface area contributed by atoms with Gasteiger partial charge in [-0.3, -0.25) is 4.79 Å². The van der Waals surface area contributed by atoms with E-state index in [4.69, 9.17) is 4.74 Å². The normalized spacial score (nSPS) is 10.7. The van der Waals surface area contributed by atoms with Crippen LogP contribution in [0.3, 0.4) is 0 Å². The number of ether oxygens (including phenoxy) is 1. The van der Waals surface area contributed by atoms with Crippen LogP contribution in [0.25, 0.3) is 11.0 Å². The number of amides is 1. The third-order valence-corrected chi connectivity index (χ3v) is 2.95. The second kappa shape index (κ2) is 5.44. The second-order valence-electron chi connectivity index (χ2n) is 4.60. The summed E-state index contributed by atoms with van der Waals surface area (Å²) >= 11 is 0. The van der Waals surface area contributed by atoms with Crippen LogP contribution in [0.4, 0.5) is 14.5 Å². The van der Waals surface area contributed by atoms with Crippen LogP contribution < -0.4 is 10.1 Å². The summed E-state index contributed by atoms with van der Waals surface area (Å²) in [4.78, 5) is 17.9. The van der Waals surface area contributed by atoms with Crippen LogP contribution in [0.5, 0.6) is 11.5 Å². The zero-order chi connectivity index (χ0) is 15.7. The predicted octanol–water partition coefficient (Wildman–Crippen LogP) is 3.59. The summed E-state index contributed by atoms with van der Waals surface area (Å²) in [6, 6.07) is 5.20. The Labute approximate surface area is 123 Å². The fourth-order valence-electron chi connectivity index (χ4n) is 2.07. The molecule has 1 amide bonds. The Hall–Kier alpha value is -2.96. The van der Waals surface area contributed by atoms with Gasteiger partial charge in [0.25, 0.3) is 0 Å². The van der Waals surface area contributed by atoms with Crippen LogP contribution in [0.2, 0.25) is 0 Å². The van der Waals surface area contributed by atoms with Crippen LogP contribution in [0.1, 0.15) is 6.92 Å². The van der Waals surface area contributed by atoms with Crippen LogP contribution >= 0.6 is 0 Å². The van der Waals surface area contributed by atoms with E-state index in [1.54, 1.807) is 12.3 Å². The lowest BCUT2D eigenvalue weighted by Gasteiger charge is -2.10. The summed E-state index contributed by atoms with van der Waals surface area (Å²) in [5, 5.41) is 2.92. The van der Waals surface area contributed by atoms with Crippen molar-refractivity contribution >= 4 is 22.6 Å². The lowest BCUT2D eigenvalue weighted by molar-refractivity contribution is -0.114. The molecule has 0 saturated heterocycles. The fourth-order valence-corrected chi connectivity index (χ4v) is 2.07. The van der Waals surface area contributed by atoms with Crippen LogP contribution in [0.15, 0.2) is 36.7 Å². The molecule has 112 valence electrons. The number of hydrogen-bond donors (Lipinski definition) is 2. The molecule has 3 rings (SSSR count). The first kappa shape index (κ1) is 14.0. The predicted molar refractivity (Wildman–Crippen MR) is 76.8 cm³/mol. The van der Waals surface area contributed by atoms with Crippen molar-refractivity contribution in [2.45, 2.75) is 6.92 Å². The van der Waals surface area contributed by atoms with E-state index in [1.807, 2.05) is 0 Å². The number of pyridine rings is 1. The molecule has 7 heteroatoms. The minimum atomic E-state index is -0.913. The van der Waals surface area contributed by atoms with Crippen molar-refractivity contribution in [2.24, 2.45) is 0 Å². The molecule has 0 bridgehead atoms. The van der Waals surface area contributed by atoms with Gasteiger partial charge in [-0.25, -0.2) is 13.8 Å². The average Bonchev–Trinajstić information content (AvgIpc) is 2.91. The first-order valence-corrected chi connectivity index (χ1v) is 6.41. The quantitative estimate of drug-likeness (QED) is 0.777. The van der Waals surface area contributed by atoms with Gasteiger partial charge < -0.3 is 15.0 Å². The monoisotopic (exact) mass is 303 g/mol. The lowest BCUT2D eigenvalue weighted by atomic mass is 10.2. The van der Waals surface area contributed by atoms with Crippen molar-refractivity contribution in [1.29, 1.82) is 0 Å². The Morgan fingerprint density at radius 3 is 2.68 bits per heavy atom. The first-order valence-electron chi connectivity index (χ1n) is 6.41. The largest absolute Gasteiger partial charge is 0.450 e. The van der Waals surface area contributed by atoms with Crippen molar-refractivity contribution in [3.05, 3.63) is 48.3 Å². The summed E-state index contributed by atoms with van der Waals surface area (Å²) in [5.74, 6) is -2.51. The number of aromatic nitrogens is 2. The summed E-state index contributed by atoms with van der Waals surface area (Å²) in [5.41, 5.74) is 0.574. The highest BCUT2D eigenvalue weighted by Gasteiger charge is 2.16. The van der Waals surface area contributed by atoms with Gasteiger partial charge in [0.15, 0.2) is 17.4 Å². The highest BCUT2D eigenvalue weighted by Crippen LogP contribution is 2.33. The Morgan fingerprint density at radius 1 is 1.27 bits per heavy atom. The van der Waals surface area contributed by atoms with Gasteiger partial charge in [0.1, 0.15) is 11.4 Å². The zero-order valence-electron chi connectivity index (χ0n) is 11.5. The Kier molecular flexibility index (Phi) is 3.46. The van der Waals surface area contributed by atoms with Crippen molar-refractivity contribution in [3.8, 4) is 11.5 Å². The standard InChI is InChI=1S/C15H11F2N3O2/c1-8(21)20-9-6-11(16)14(12(17)7-9)22-13-3-5-19-15-10(13)2-4-18-15/h2-7H,1H3,(H,18,19)(H,20,21). The van der Waals surface area contributed by atoms with Crippen LogP contribution in [-0.4, -0.2) is 15.9 Å². The summed E-state index contributed by atoms with van der Waals surface area (Å²) in [6.07, 6.45) is 3.12. The molecule has 0 spiro atoms. The van der Waals surface area contributed by atoms with Gasteiger partial charge in [-0.2, -0.15) is 0 Å². The molecule has 0 aliphatic heterocycles. The first-order chi connectivity index (χ1) is 10.5. The van der Waals surface area contributed by atoms with Crippen LogP contribution in [-0.2, 0) is 4.79 Å². The third-order valence-electron chi connectivity index (χ3n) is 2.95. The SMILES string of the molecule is CC(=O)Nc1cc(F)c(Oc2ccnc3[nH]ccc23)c(F)c1. The van der Waals surface area contributed by atoms with Gasteiger partial charge in [0, 0.05) is 37.1 Å². The number of aromatic amines is 1. The van der Waals surface area contributed by atoms with Gasteiger partial charge in [0.2, 0.25) is 5.91 Å². The molecule has 0 saturated carbocycles. The molecule has 2 aromatic heterocycles. The maximum Gasteiger partial charge on any atom is 0.221 e. The summed E-state index contributed by atoms with van der Waals surface area (Å²) < 4.78 is 33.4. The highest BCUT2D eigenvalue weighted by atomic mass is 19.1. The summed E-state index contributed by atoms with van der Waals surface area (Å²) in [6.45, 7) is 1.25. The molecule has 0 fully saturated rings. The Balaban J connectivity index is 1.99. The number of carbonyl (C=O) groups excluding carboxylic acids is 1. The molecule has 0 aliphatic rings. The minimum Gasteiger partial charge on any atom is -0.450 e. The molecule has 0 radical (unpaired) electrons. The topological polar surface area (TPSA) is 67.0 Å². The smallest absolute Gasteiger partial charge is 0.221 e. The van der Waals surface area contributed by atoms with E-state index in [2.05, 4.69) is 15.3 Å². The fraction of sp³-hybridized carbons (Fsp3) is 0.0667. The number of hydrogen-bond acceptors (Lipinski definition) is 3. The van der Waals surface area contributed by atoms with E-state index in [0.29, 0.717) is 11.0 Å². The number of anilines is 1. The number of carbonyl (C=O) groups is 1. The van der Waals surface area contributed by atoms with Crippen molar-refractivity contribution in [1.82, 2.24) is 9.97 Å². The Morgan fingerprint density at radius 2 is 2.00 bits per heavy atom. The van der Waals surface area contributed by atoms with E-state index in [0.717, 1.165) is 12.1 Å². The minimum absolute atomic E-state index is 0.0244. The molecule has 2 heterocycles. The van der Waals surface area contributed by atoms with Gasteiger partial charge in [0.05, 0.1) is 5.39 Å². The number of fused-ring (bicyclic) bond motifs is 1. The maximum absolute atomic E-state index is 14.0. The molecule has 0 unspecified atom stereocenters. The van der Waals surface area contributed by atoms with Gasteiger partial charge in [-0.05, 0) is 12.1 Å². The van der Waals surface area contributed by atoms with Crippen molar-refractivity contribution in [3.63, 3.8) is 0 Å². The molecular formula is C15H11F2N3O2. The van der Waals surface area contributed by atoms with E-state index in [-0.39, 0.29) is 11.4 Å². The van der Waals surface area contributed by atoms with Gasteiger partial charge >= 0.3 is 0 Å². The number of rotatable bonds is 3. The molecule has 1 aromatic carbocycles.